The van der Waals surface area contributed by atoms with Gasteiger partial charge < -0.3 is 14.5 Å². The van der Waals surface area contributed by atoms with E-state index in [2.05, 4.69) is 38.1 Å². The van der Waals surface area contributed by atoms with Crippen LogP contribution in [0.15, 0.2) is 97.7 Å². The van der Waals surface area contributed by atoms with Gasteiger partial charge >= 0.3 is 0 Å². The summed E-state index contributed by atoms with van der Waals surface area (Å²) in [4.78, 5) is 46.2. The predicted octanol–water partition coefficient (Wildman–Crippen LogP) is 5.11. The van der Waals surface area contributed by atoms with Crippen LogP contribution in [0, 0.1) is 5.41 Å². The number of rotatable bonds is 5. The van der Waals surface area contributed by atoms with Gasteiger partial charge in [0.2, 0.25) is 0 Å². The lowest BCUT2D eigenvalue weighted by Crippen LogP contribution is -2.46. The summed E-state index contributed by atoms with van der Waals surface area (Å²) in [5.74, 6) is 0.499. The Hall–Kier alpha value is -4.63. The highest BCUT2D eigenvalue weighted by atomic mass is 16.5. The van der Waals surface area contributed by atoms with Crippen molar-refractivity contribution in [3.05, 3.63) is 120 Å². The molecular weight excluding hydrogens is 564 g/mol. The molecule has 9 heteroatoms. The number of pyridine rings is 1. The summed E-state index contributed by atoms with van der Waals surface area (Å²) < 4.78 is 6.57. The predicted molar refractivity (Wildman–Crippen MR) is 171 cm³/mol. The van der Waals surface area contributed by atoms with Crippen molar-refractivity contribution >= 4 is 11.8 Å². The summed E-state index contributed by atoms with van der Waals surface area (Å²) in [6.45, 7) is 5.25. The highest BCUT2D eigenvalue weighted by molar-refractivity contribution is 5.97. The maximum absolute atomic E-state index is 14.2. The molecule has 2 aliphatic rings. The normalized spacial score (nSPS) is 17.8. The Morgan fingerprint density at radius 1 is 0.756 bits per heavy atom. The molecule has 2 amide bonds. The van der Waals surface area contributed by atoms with Gasteiger partial charge in [-0.05, 0) is 61.6 Å². The van der Waals surface area contributed by atoms with Gasteiger partial charge in [0.05, 0.1) is 18.4 Å². The van der Waals surface area contributed by atoms with Crippen LogP contribution in [0.3, 0.4) is 0 Å². The van der Waals surface area contributed by atoms with Crippen LogP contribution in [0.5, 0.6) is 5.75 Å². The summed E-state index contributed by atoms with van der Waals surface area (Å²) in [5.41, 5.74) is 3.08. The average Bonchev–Trinajstić information content (AvgIpc) is 3.10. The summed E-state index contributed by atoms with van der Waals surface area (Å²) in [7, 11) is 0. The number of hydrogen-bond acceptors (Lipinski definition) is 7. The number of aromatic nitrogens is 3. The number of benzene rings is 2. The highest BCUT2D eigenvalue weighted by Gasteiger charge is 2.37. The first-order chi connectivity index (χ1) is 22.1. The molecule has 0 aliphatic carbocycles. The zero-order valence-corrected chi connectivity index (χ0v) is 25.6. The number of piperidine rings is 1. The summed E-state index contributed by atoms with van der Waals surface area (Å²) in [6, 6.07) is 21.8. The molecule has 0 atom stereocenters. The quantitative estimate of drug-likeness (QED) is 0.313. The SMILES string of the molecule is O=C(c1cnccn1)N1CCC2(CCCN(Cc3cccnc3)CCN(Cc3ccccc3)C(=O)c3ccccc3OC2)CC1. The van der Waals surface area contributed by atoms with Crippen molar-refractivity contribution < 1.29 is 14.3 Å². The van der Waals surface area contributed by atoms with Gasteiger partial charge in [0.15, 0.2) is 0 Å². The molecule has 0 unspecified atom stereocenters. The van der Waals surface area contributed by atoms with E-state index in [-0.39, 0.29) is 17.2 Å². The molecule has 9 nitrogen and oxygen atoms in total. The van der Waals surface area contributed by atoms with Crippen molar-refractivity contribution in [3.63, 3.8) is 0 Å². The Balaban J connectivity index is 1.26. The first-order valence-electron chi connectivity index (χ1n) is 15.8. The lowest BCUT2D eigenvalue weighted by molar-refractivity contribution is 0.0345. The van der Waals surface area contributed by atoms with Crippen LogP contribution in [-0.2, 0) is 13.1 Å². The van der Waals surface area contributed by atoms with Crippen molar-refractivity contribution in [2.24, 2.45) is 5.41 Å². The number of carbonyl (C=O) groups is 2. The van der Waals surface area contributed by atoms with Crippen LogP contribution in [-0.4, -0.2) is 80.8 Å². The van der Waals surface area contributed by atoms with E-state index in [4.69, 9.17) is 4.74 Å². The van der Waals surface area contributed by atoms with Crippen LogP contribution in [0.4, 0.5) is 0 Å². The van der Waals surface area contributed by atoms with Gasteiger partial charge in [0.25, 0.3) is 11.8 Å². The van der Waals surface area contributed by atoms with Crippen molar-refractivity contribution in [2.45, 2.75) is 38.8 Å². The largest absolute Gasteiger partial charge is 0.492 e. The first kappa shape index (κ1) is 30.4. The third kappa shape index (κ3) is 7.72. The smallest absolute Gasteiger partial charge is 0.274 e. The number of amides is 2. The van der Waals surface area contributed by atoms with Gasteiger partial charge in [-0.2, -0.15) is 0 Å². The summed E-state index contributed by atoms with van der Waals surface area (Å²) in [5, 5.41) is 0. The van der Waals surface area contributed by atoms with Gasteiger partial charge in [-0.3, -0.25) is 24.5 Å². The molecule has 2 aliphatic heterocycles. The Kier molecular flexibility index (Phi) is 9.75. The lowest BCUT2D eigenvalue weighted by atomic mass is 9.75. The lowest BCUT2D eigenvalue weighted by Gasteiger charge is -2.42. The Bertz CT molecular complexity index is 1550. The monoisotopic (exact) mass is 604 g/mol. The topological polar surface area (TPSA) is 91.8 Å². The molecule has 1 saturated heterocycles. The molecule has 4 aromatic rings. The van der Waals surface area contributed by atoms with E-state index in [1.807, 2.05) is 64.5 Å². The number of para-hydroxylation sites is 1. The fourth-order valence-electron chi connectivity index (χ4n) is 6.41. The van der Waals surface area contributed by atoms with Crippen molar-refractivity contribution in [1.82, 2.24) is 29.7 Å². The maximum Gasteiger partial charge on any atom is 0.274 e. The molecule has 0 saturated carbocycles. The minimum Gasteiger partial charge on any atom is -0.492 e. The fraction of sp³-hybridized carbons (Fsp3) is 0.361. The van der Waals surface area contributed by atoms with Crippen molar-refractivity contribution in [2.75, 3.05) is 39.3 Å². The Labute approximate surface area is 264 Å². The van der Waals surface area contributed by atoms with Crippen LogP contribution in [0.25, 0.3) is 0 Å². The van der Waals surface area contributed by atoms with Gasteiger partial charge in [-0.1, -0.05) is 48.5 Å². The number of fused-ring (bicyclic) bond motifs is 1. The minimum absolute atomic E-state index is 0.0338. The van der Waals surface area contributed by atoms with Crippen LogP contribution < -0.4 is 4.74 Å². The molecule has 0 radical (unpaired) electrons. The number of carbonyl (C=O) groups excluding carboxylic acids is 2. The van der Waals surface area contributed by atoms with Crippen molar-refractivity contribution in [1.29, 1.82) is 0 Å². The minimum atomic E-state index is -0.118. The third-order valence-corrected chi connectivity index (χ3v) is 9.04. The second-order valence-electron chi connectivity index (χ2n) is 12.1. The first-order valence-corrected chi connectivity index (χ1v) is 15.8. The molecule has 1 spiro atoms. The van der Waals surface area contributed by atoms with E-state index >= 15 is 0 Å². The summed E-state index contributed by atoms with van der Waals surface area (Å²) >= 11 is 0. The molecule has 45 heavy (non-hydrogen) atoms. The molecular formula is C36H40N6O3. The Morgan fingerprint density at radius 3 is 2.31 bits per heavy atom. The Morgan fingerprint density at radius 2 is 1.53 bits per heavy atom. The van der Waals surface area contributed by atoms with Crippen LogP contribution in [0.1, 0.15) is 57.7 Å². The molecule has 4 heterocycles. The van der Waals surface area contributed by atoms with Crippen LogP contribution in [0.2, 0.25) is 0 Å². The molecule has 232 valence electrons. The van der Waals surface area contributed by atoms with E-state index in [1.165, 1.54) is 6.20 Å². The highest BCUT2D eigenvalue weighted by Crippen LogP contribution is 2.38. The fourth-order valence-corrected chi connectivity index (χ4v) is 6.41. The van der Waals surface area contributed by atoms with E-state index in [1.54, 1.807) is 18.6 Å². The maximum atomic E-state index is 14.2. The van der Waals surface area contributed by atoms with Gasteiger partial charge in [-0.15, -0.1) is 0 Å². The van der Waals surface area contributed by atoms with Gasteiger partial charge in [0, 0.05) is 69.5 Å². The number of hydrogen-bond donors (Lipinski definition) is 0. The van der Waals surface area contributed by atoms with Gasteiger partial charge in [-0.25, -0.2) is 4.98 Å². The van der Waals surface area contributed by atoms with Crippen molar-refractivity contribution in [3.8, 4) is 5.75 Å². The van der Waals surface area contributed by atoms with E-state index in [0.29, 0.717) is 49.8 Å². The number of likely N-dealkylation sites (tertiary alicyclic amines) is 1. The zero-order chi connectivity index (χ0) is 30.9. The summed E-state index contributed by atoms with van der Waals surface area (Å²) in [6.07, 6.45) is 12.0. The third-order valence-electron chi connectivity index (χ3n) is 9.04. The van der Waals surface area contributed by atoms with Crippen LogP contribution >= 0.6 is 0 Å². The van der Waals surface area contributed by atoms with E-state index < -0.39 is 0 Å². The second kappa shape index (κ2) is 14.4. The molecule has 2 aromatic carbocycles. The second-order valence-corrected chi connectivity index (χ2v) is 12.1. The number of nitrogens with zero attached hydrogens (tertiary/aromatic N) is 6. The molecule has 0 N–H and O–H groups in total. The molecule has 6 rings (SSSR count). The molecule has 1 fully saturated rings. The average molecular weight is 605 g/mol. The molecule has 0 bridgehead atoms. The van der Waals surface area contributed by atoms with E-state index in [0.717, 1.165) is 56.4 Å². The van der Waals surface area contributed by atoms with E-state index in [9.17, 15) is 9.59 Å². The van der Waals surface area contributed by atoms with Gasteiger partial charge in [0.1, 0.15) is 11.4 Å². The zero-order valence-electron chi connectivity index (χ0n) is 25.6. The molecule has 2 aromatic heterocycles. The standard InChI is InChI=1S/C36H40N6O3/c43-34-31-11-4-5-12-33(31)45-28-36(14-20-41(21-15-36)35(44)32-25-38-17-18-39-32)13-7-19-40(26-30-10-6-16-37-24-30)22-23-42(34)27-29-8-2-1-3-9-29/h1-6,8-12,16-18,24-25H,7,13-15,19-23,26-28H2. The number of ether oxygens (including phenoxy) is 1.